The second-order valence-electron chi connectivity index (χ2n) is 6.26. The monoisotopic (exact) mass is 283 g/mol. The van der Waals surface area contributed by atoms with Crippen LogP contribution in [0.3, 0.4) is 0 Å². The number of carboxylic acid groups (broad SMARTS) is 1. The minimum absolute atomic E-state index is 0.0942. The Kier molecular flexibility index (Phi) is 5.40. The maximum atomic E-state index is 12.2. The van der Waals surface area contributed by atoms with Crippen molar-refractivity contribution in [3.8, 4) is 0 Å². The first kappa shape index (κ1) is 15.3. The van der Waals surface area contributed by atoms with Gasteiger partial charge in [-0.15, -0.1) is 0 Å². The maximum absolute atomic E-state index is 12.2. The number of carboxylic acids is 1. The summed E-state index contributed by atoms with van der Waals surface area (Å²) in [6.07, 6.45) is 6.46. The molecule has 0 heterocycles. The zero-order chi connectivity index (χ0) is 14.5. The minimum atomic E-state index is -0.842. The summed E-state index contributed by atoms with van der Waals surface area (Å²) in [5, 5.41) is 21.6. The first-order valence-corrected chi connectivity index (χ1v) is 7.76. The second-order valence-corrected chi connectivity index (χ2v) is 6.26. The zero-order valence-electron chi connectivity index (χ0n) is 11.9. The molecule has 2 rings (SSSR count). The molecule has 1 amide bonds. The molecule has 2 atom stereocenters. The molecular weight excluding hydrogens is 258 g/mol. The number of aliphatic carboxylic acids is 1. The summed E-state index contributed by atoms with van der Waals surface area (Å²) in [6, 6.07) is 0. The molecule has 0 saturated heterocycles. The van der Waals surface area contributed by atoms with E-state index in [1.807, 2.05) is 0 Å². The van der Waals surface area contributed by atoms with Gasteiger partial charge < -0.3 is 15.5 Å². The molecule has 0 spiro atoms. The third-order valence-electron chi connectivity index (χ3n) is 4.80. The molecule has 3 N–H and O–H groups in total. The lowest BCUT2D eigenvalue weighted by Crippen LogP contribution is -2.41. The van der Waals surface area contributed by atoms with Crippen LogP contribution in [0.1, 0.15) is 51.4 Å². The zero-order valence-corrected chi connectivity index (χ0v) is 11.9. The van der Waals surface area contributed by atoms with Gasteiger partial charge in [0, 0.05) is 6.54 Å². The average Bonchev–Trinajstić information content (AvgIpc) is 2.46. The largest absolute Gasteiger partial charge is 0.481 e. The Morgan fingerprint density at radius 1 is 0.950 bits per heavy atom. The summed E-state index contributed by atoms with van der Waals surface area (Å²) in [5.41, 5.74) is 0. The summed E-state index contributed by atoms with van der Waals surface area (Å²) in [5.74, 6) is -1.39. The average molecular weight is 283 g/mol. The van der Waals surface area contributed by atoms with Crippen LogP contribution in [-0.2, 0) is 9.59 Å². The summed E-state index contributed by atoms with van der Waals surface area (Å²) in [7, 11) is 0. The number of nitrogens with one attached hydrogen (secondary N) is 1. The van der Waals surface area contributed by atoms with Gasteiger partial charge in [0.05, 0.1) is 17.9 Å². The van der Waals surface area contributed by atoms with E-state index in [1.54, 1.807) is 0 Å². The number of carbonyl (C=O) groups is 2. The van der Waals surface area contributed by atoms with E-state index in [2.05, 4.69) is 5.32 Å². The molecule has 0 aromatic rings. The molecule has 0 radical (unpaired) electrons. The van der Waals surface area contributed by atoms with Crippen molar-refractivity contribution in [2.45, 2.75) is 57.5 Å². The van der Waals surface area contributed by atoms with Crippen molar-refractivity contribution in [1.82, 2.24) is 5.32 Å². The molecule has 5 nitrogen and oxygen atoms in total. The van der Waals surface area contributed by atoms with E-state index in [0.717, 1.165) is 38.5 Å². The molecule has 114 valence electrons. The van der Waals surface area contributed by atoms with E-state index in [9.17, 15) is 19.8 Å². The molecule has 2 aliphatic rings. The fourth-order valence-electron chi connectivity index (χ4n) is 3.47. The highest BCUT2D eigenvalue weighted by atomic mass is 16.4. The summed E-state index contributed by atoms with van der Waals surface area (Å²) in [6.45, 7) is 0.619. The van der Waals surface area contributed by atoms with Crippen molar-refractivity contribution in [2.24, 2.45) is 17.8 Å². The Balaban J connectivity index is 1.79. The van der Waals surface area contributed by atoms with Gasteiger partial charge in [-0.1, -0.05) is 12.8 Å². The number of aliphatic hydroxyl groups excluding tert-OH is 1. The summed E-state index contributed by atoms with van der Waals surface area (Å²) < 4.78 is 0. The van der Waals surface area contributed by atoms with Crippen molar-refractivity contribution in [3.63, 3.8) is 0 Å². The highest BCUT2D eigenvalue weighted by Gasteiger charge is 2.35. The first-order chi connectivity index (χ1) is 9.58. The van der Waals surface area contributed by atoms with Crippen LogP contribution in [0.4, 0.5) is 0 Å². The quantitative estimate of drug-likeness (QED) is 0.730. The number of hydrogen-bond donors (Lipinski definition) is 3. The molecule has 2 unspecified atom stereocenters. The van der Waals surface area contributed by atoms with Crippen molar-refractivity contribution in [3.05, 3.63) is 0 Å². The predicted octanol–water partition coefficient (Wildman–Crippen LogP) is 1.54. The third kappa shape index (κ3) is 3.95. The standard InChI is InChI=1S/C15H25NO4/c17-11-7-5-10(6-8-11)9-16-14(18)12-3-1-2-4-13(12)15(19)20/h10-13,17H,1-9H2,(H,16,18)(H,19,20). The van der Waals surface area contributed by atoms with E-state index in [0.29, 0.717) is 25.3 Å². The Morgan fingerprint density at radius 2 is 1.55 bits per heavy atom. The maximum Gasteiger partial charge on any atom is 0.307 e. The van der Waals surface area contributed by atoms with E-state index in [1.165, 1.54) is 0 Å². The van der Waals surface area contributed by atoms with Gasteiger partial charge in [-0.25, -0.2) is 0 Å². The molecule has 2 aliphatic carbocycles. The SMILES string of the molecule is O=C(O)C1CCCCC1C(=O)NCC1CCC(O)CC1. The molecule has 0 aromatic carbocycles. The van der Waals surface area contributed by atoms with Crippen LogP contribution in [0.15, 0.2) is 0 Å². The van der Waals surface area contributed by atoms with E-state index < -0.39 is 11.9 Å². The molecule has 5 heteroatoms. The van der Waals surface area contributed by atoms with Crippen molar-refractivity contribution < 1.29 is 19.8 Å². The second kappa shape index (κ2) is 7.07. The topological polar surface area (TPSA) is 86.6 Å². The lowest BCUT2D eigenvalue weighted by Gasteiger charge is -2.29. The highest BCUT2D eigenvalue weighted by Crippen LogP contribution is 2.30. The van der Waals surface area contributed by atoms with Gasteiger partial charge >= 0.3 is 5.97 Å². The minimum Gasteiger partial charge on any atom is -0.481 e. The number of rotatable bonds is 4. The Labute approximate surface area is 119 Å². The molecule has 20 heavy (non-hydrogen) atoms. The van der Waals surface area contributed by atoms with Crippen LogP contribution < -0.4 is 5.32 Å². The highest BCUT2D eigenvalue weighted by molar-refractivity contribution is 5.84. The van der Waals surface area contributed by atoms with Gasteiger partial charge in [-0.05, 0) is 44.4 Å². The van der Waals surface area contributed by atoms with Gasteiger partial charge in [-0.2, -0.15) is 0 Å². The third-order valence-corrected chi connectivity index (χ3v) is 4.80. The first-order valence-electron chi connectivity index (χ1n) is 7.76. The lowest BCUT2D eigenvalue weighted by molar-refractivity contribution is -0.149. The summed E-state index contributed by atoms with van der Waals surface area (Å²) in [4.78, 5) is 23.4. The number of carbonyl (C=O) groups excluding carboxylic acids is 1. The number of amides is 1. The van der Waals surface area contributed by atoms with Crippen LogP contribution in [0.25, 0.3) is 0 Å². The Morgan fingerprint density at radius 3 is 2.15 bits per heavy atom. The van der Waals surface area contributed by atoms with E-state index >= 15 is 0 Å². The fourth-order valence-corrected chi connectivity index (χ4v) is 3.47. The van der Waals surface area contributed by atoms with Crippen LogP contribution in [0.5, 0.6) is 0 Å². The molecule has 0 aliphatic heterocycles. The lowest BCUT2D eigenvalue weighted by atomic mass is 9.78. The Hall–Kier alpha value is -1.10. The van der Waals surface area contributed by atoms with Gasteiger partial charge in [0.15, 0.2) is 0 Å². The van der Waals surface area contributed by atoms with Crippen molar-refractivity contribution in [2.75, 3.05) is 6.54 Å². The predicted molar refractivity (Wildman–Crippen MR) is 74.1 cm³/mol. The van der Waals surface area contributed by atoms with Crippen LogP contribution in [-0.4, -0.2) is 34.7 Å². The molecule has 2 fully saturated rings. The van der Waals surface area contributed by atoms with Crippen molar-refractivity contribution in [1.29, 1.82) is 0 Å². The van der Waals surface area contributed by atoms with Gasteiger partial charge in [0.2, 0.25) is 5.91 Å². The molecule has 2 saturated carbocycles. The summed E-state index contributed by atoms with van der Waals surface area (Å²) >= 11 is 0. The number of aliphatic hydroxyl groups is 1. The van der Waals surface area contributed by atoms with Crippen LogP contribution >= 0.6 is 0 Å². The molecule has 0 aromatic heterocycles. The Bertz CT molecular complexity index is 350. The molecular formula is C15H25NO4. The smallest absolute Gasteiger partial charge is 0.307 e. The molecule has 0 bridgehead atoms. The van der Waals surface area contributed by atoms with Gasteiger partial charge in [0.25, 0.3) is 0 Å². The van der Waals surface area contributed by atoms with Crippen molar-refractivity contribution >= 4 is 11.9 Å². The van der Waals surface area contributed by atoms with Gasteiger partial charge in [-0.3, -0.25) is 9.59 Å². The normalized spacial score (nSPS) is 34.5. The fraction of sp³-hybridized carbons (Fsp3) is 0.867. The van der Waals surface area contributed by atoms with E-state index in [4.69, 9.17) is 0 Å². The number of hydrogen-bond acceptors (Lipinski definition) is 3. The van der Waals surface area contributed by atoms with Crippen LogP contribution in [0.2, 0.25) is 0 Å². The van der Waals surface area contributed by atoms with Crippen LogP contribution in [0, 0.1) is 17.8 Å². The van der Waals surface area contributed by atoms with Gasteiger partial charge in [0.1, 0.15) is 0 Å². The van der Waals surface area contributed by atoms with E-state index in [-0.39, 0.29) is 17.9 Å².